The van der Waals surface area contributed by atoms with E-state index in [1.54, 1.807) is 12.1 Å². The normalized spacial score (nSPS) is 10.8. The zero-order valence-electron chi connectivity index (χ0n) is 12.8. The van der Waals surface area contributed by atoms with Crippen LogP contribution in [0.5, 0.6) is 0 Å². The average molecular weight is 279 g/mol. The molecule has 1 heterocycles. The smallest absolute Gasteiger partial charge is 0.352 e. The van der Waals surface area contributed by atoms with Crippen molar-refractivity contribution in [3.05, 3.63) is 24.0 Å². The molecule has 0 fully saturated rings. The second-order valence-corrected chi connectivity index (χ2v) is 5.57. The van der Waals surface area contributed by atoms with E-state index < -0.39 is 5.97 Å². The maximum absolute atomic E-state index is 10.9. The van der Waals surface area contributed by atoms with Crippen LogP contribution in [-0.4, -0.2) is 15.6 Å². The molecule has 0 saturated carbocycles. The van der Waals surface area contributed by atoms with Crippen molar-refractivity contribution < 1.29 is 9.90 Å². The van der Waals surface area contributed by atoms with E-state index >= 15 is 0 Å². The van der Waals surface area contributed by atoms with Gasteiger partial charge < -0.3 is 9.67 Å². The van der Waals surface area contributed by atoms with Crippen molar-refractivity contribution in [2.75, 3.05) is 0 Å². The van der Waals surface area contributed by atoms with E-state index in [9.17, 15) is 4.79 Å². The van der Waals surface area contributed by atoms with Crippen molar-refractivity contribution in [3.63, 3.8) is 0 Å². The Morgan fingerprint density at radius 2 is 1.55 bits per heavy atom. The van der Waals surface area contributed by atoms with Crippen LogP contribution in [0.25, 0.3) is 0 Å². The summed E-state index contributed by atoms with van der Waals surface area (Å²) in [6, 6.07) is 3.47. The lowest BCUT2D eigenvalue weighted by molar-refractivity contribution is 0.0685. The predicted octanol–water partition coefficient (Wildman–Crippen LogP) is 5.11. The summed E-state index contributed by atoms with van der Waals surface area (Å²) in [6.45, 7) is 3.08. The molecule has 0 aliphatic rings. The molecule has 114 valence electrons. The number of nitrogens with zero attached hydrogens (tertiary/aromatic N) is 1. The van der Waals surface area contributed by atoms with Crippen LogP contribution < -0.4 is 0 Å². The van der Waals surface area contributed by atoms with Crippen molar-refractivity contribution >= 4 is 5.97 Å². The number of hydrogen-bond acceptors (Lipinski definition) is 1. The molecule has 3 heteroatoms. The number of unbranched alkanes of at least 4 members (excludes halogenated alkanes) is 9. The third kappa shape index (κ3) is 6.78. The monoisotopic (exact) mass is 279 g/mol. The first-order valence-electron chi connectivity index (χ1n) is 8.14. The fraction of sp³-hybridized carbons (Fsp3) is 0.706. The molecule has 0 aromatic carbocycles. The molecule has 0 atom stereocenters. The lowest BCUT2D eigenvalue weighted by Gasteiger charge is -2.06. The van der Waals surface area contributed by atoms with E-state index in [-0.39, 0.29) is 0 Å². The molecule has 0 bridgehead atoms. The van der Waals surface area contributed by atoms with Gasteiger partial charge in [0.15, 0.2) is 0 Å². The van der Waals surface area contributed by atoms with Gasteiger partial charge >= 0.3 is 5.97 Å². The number of carboxylic acid groups (broad SMARTS) is 1. The number of aromatic nitrogens is 1. The van der Waals surface area contributed by atoms with Gasteiger partial charge in [-0.15, -0.1) is 0 Å². The molecule has 20 heavy (non-hydrogen) atoms. The van der Waals surface area contributed by atoms with Crippen molar-refractivity contribution in [1.82, 2.24) is 4.57 Å². The number of aromatic carboxylic acids is 1. The summed E-state index contributed by atoms with van der Waals surface area (Å²) in [4.78, 5) is 10.9. The molecule has 1 aromatic heterocycles. The summed E-state index contributed by atoms with van der Waals surface area (Å²) in [5.74, 6) is -0.831. The molecular formula is C17H29NO2. The van der Waals surface area contributed by atoms with E-state index in [1.165, 1.54) is 57.8 Å². The minimum absolute atomic E-state index is 0.404. The molecular weight excluding hydrogens is 250 g/mol. The highest BCUT2D eigenvalue weighted by Crippen LogP contribution is 2.11. The van der Waals surface area contributed by atoms with Gasteiger partial charge in [-0.25, -0.2) is 4.79 Å². The summed E-state index contributed by atoms with van der Waals surface area (Å²) in [5.41, 5.74) is 0.404. The molecule has 0 radical (unpaired) electrons. The second kappa shape index (κ2) is 10.5. The van der Waals surface area contributed by atoms with Crippen LogP contribution in [0.1, 0.15) is 81.6 Å². The minimum atomic E-state index is -0.831. The number of carboxylic acids is 1. The van der Waals surface area contributed by atoms with Crippen molar-refractivity contribution in [2.45, 2.75) is 77.7 Å². The van der Waals surface area contributed by atoms with Gasteiger partial charge in [0.05, 0.1) is 0 Å². The Morgan fingerprint density at radius 3 is 2.10 bits per heavy atom. The van der Waals surface area contributed by atoms with Gasteiger partial charge in [-0.05, 0) is 18.6 Å². The molecule has 0 aliphatic heterocycles. The van der Waals surface area contributed by atoms with Gasteiger partial charge in [-0.3, -0.25) is 0 Å². The minimum Gasteiger partial charge on any atom is -0.477 e. The number of aryl methyl sites for hydroxylation is 1. The molecule has 0 spiro atoms. The molecule has 3 nitrogen and oxygen atoms in total. The topological polar surface area (TPSA) is 42.2 Å². The SMILES string of the molecule is CCCCCCCCCCCCn1cccc1C(=O)O. The van der Waals surface area contributed by atoms with E-state index in [4.69, 9.17) is 5.11 Å². The van der Waals surface area contributed by atoms with E-state index in [2.05, 4.69) is 6.92 Å². The third-order valence-corrected chi connectivity index (χ3v) is 3.80. The molecule has 1 aromatic rings. The van der Waals surface area contributed by atoms with Crippen LogP contribution in [-0.2, 0) is 6.54 Å². The van der Waals surface area contributed by atoms with Crippen LogP contribution in [0.4, 0.5) is 0 Å². The summed E-state index contributed by atoms with van der Waals surface area (Å²) in [5, 5.41) is 9.00. The Bertz CT molecular complexity index is 371. The fourth-order valence-corrected chi connectivity index (χ4v) is 2.57. The predicted molar refractivity (Wildman–Crippen MR) is 83.2 cm³/mol. The van der Waals surface area contributed by atoms with Gasteiger partial charge in [0.25, 0.3) is 0 Å². The standard InChI is InChI=1S/C17H29NO2/c1-2-3-4-5-6-7-8-9-10-11-14-18-15-12-13-16(18)17(19)20/h12-13,15H,2-11,14H2,1H3,(H,19,20). The zero-order valence-corrected chi connectivity index (χ0v) is 12.8. The quantitative estimate of drug-likeness (QED) is 0.540. The maximum Gasteiger partial charge on any atom is 0.352 e. The summed E-state index contributed by atoms with van der Waals surface area (Å²) >= 11 is 0. The van der Waals surface area contributed by atoms with Crippen LogP contribution in [0, 0.1) is 0 Å². The molecule has 0 saturated heterocycles. The largest absolute Gasteiger partial charge is 0.477 e. The highest BCUT2D eigenvalue weighted by atomic mass is 16.4. The second-order valence-electron chi connectivity index (χ2n) is 5.57. The number of hydrogen-bond donors (Lipinski definition) is 1. The molecule has 1 N–H and O–H groups in total. The first-order chi connectivity index (χ1) is 9.75. The summed E-state index contributed by atoms with van der Waals surface area (Å²) in [7, 11) is 0. The lowest BCUT2D eigenvalue weighted by atomic mass is 10.1. The average Bonchev–Trinajstić information content (AvgIpc) is 2.89. The summed E-state index contributed by atoms with van der Waals surface area (Å²) in [6.07, 6.45) is 14.9. The molecule has 0 unspecified atom stereocenters. The fourth-order valence-electron chi connectivity index (χ4n) is 2.57. The Labute approximate surface area is 123 Å². The van der Waals surface area contributed by atoms with Crippen molar-refractivity contribution in [3.8, 4) is 0 Å². The van der Waals surface area contributed by atoms with Crippen LogP contribution in [0.3, 0.4) is 0 Å². The van der Waals surface area contributed by atoms with Gasteiger partial charge in [-0.2, -0.15) is 0 Å². The maximum atomic E-state index is 10.9. The molecule has 1 rings (SSSR count). The zero-order chi connectivity index (χ0) is 14.6. The highest BCUT2D eigenvalue weighted by Gasteiger charge is 2.07. The summed E-state index contributed by atoms with van der Waals surface area (Å²) < 4.78 is 1.84. The Balaban J connectivity index is 1.97. The Hall–Kier alpha value is -1.25. The highest BCUT2D eigenvalue weighted by molar-refractivity contribution is 5.85. The van der Waals surface area contributed by atoms with Gasteiger partial charge in [0.2, 0.25) is 0 Å². The number of carbonyl (C=O) groups is 1. The van der Waals surface area contributed by atoms with Crippen LogP contribution >= 0.6 is 0 Å². The molecule has 0 amide bonds. The number of rotatable bonds is 12. The van der Waals surface area contributed by atoms with Gasteiger partial charge in [-0.1, -0.05) is 64.7 Å². The van der Waals surface area contributed by atoms with Crippen molar-refractivity contribution in [1.29, 1.82) is 0 Å². The third-order valence-electron chi connectivity index (χ3n) is 3.80. The van der Waals surface area contributed by atoms with E-state index in [0.29, 0.717) is 5.69 Å². The van der Waals surface area contributed by atoms with Gasteiger partial charge in [0.1, 0.15) is 5.69 Å². The Kier molecular flexibility index (Phi) is 8.84. The first kappa shape index (κ1) is 16.8. The van der Waals surface area contributed by atoms with Crippen molar-refractivity contribution in [2.24, 2.45) is 0 Å². The van der Waals surface area contributed by atoms with E-state index in [1.807, 2.05) is 10.8 Å². The van der Waals surface area contributed by atoms with Gasteiger partial charge in [0, 0.05) is 12.7 Å². The molecule has 0 aliphatic carbocycles. The van der Waals surface area contributed by atoms with E-state index in [0.717, 1.165) is 13.0 Å². The lowest BCUT2D eigenvalue weighted by Crippen LogP contribution is -2.07. The van der Waals surface area contributed by atoms with Crippen LogP contribution in [0.15, 0.2) is 18.3 Å². The first-order valence-corrected chi connectivity index (χ1v) is 8.14. The Morgan fingerprint density at radius 1 is 1.00 bits per heavy atom. The van der Waals surface area contributed by atoms with Crippen LogP contribution in [0.2, 0.25) is 0 Å².